The summed E-state index contributed by atoms with van der Waals surface area (Å²) in [5, 5.41) is 15.8. The summed E-state index contributed by atoms with van der Waals surface area (Å²) in [6, 6.07) is 10.0. The van der Waals surface area contributed by atoms with Crippen LogP contribution in [0.3, 0.4) is 0 Å². The Balaban J connectivity index is 2.11. The van der Waals surface area contributed by atoms with Gasteiger partial charge in [0, 0.05) is 28.4 Å². The predicted octanol–water partition coefficient (Wildman–Crippen LogP) is 4.25. The fourth-order valence-electron chi connectivity index (χ4n) is 2.56. The molecule has 2 aromatic rings. The van der Waals surface area contributed by atoms with Gasteiger partial charge in [0.15, 0.2) is 6.61 Å². The number of hydrogen-bond donors (Lipinski definition) is 3. The Labute approximate surface area is 169 Å². The van der Waals surface area contributed by atoms with Gasteiger partial charge >= 0.3 is 5.97 Å². The molecule has 3 N–H and O–H groups in total. The number of ether oxygens (including phenoxy) is 1. The third-order valence-corrected chi connectivity index (χ3v) is 4.08. The third-order valence-electron chi connectivity index (χ3n) is 3.85. The zero-order valence-electron chi connectivity index (χ0n) is 16.4. The average molecular weight is 405 g/mol. The van der Waals surface area contributed by atoms with Crippen LogP contribution >= 0.6 is 11.6 Å². The SMILES string of the molecule is Cc1ccc(C(=O)O)cc1NCc1cc(Cl)ccc1OCC(=O)NC(C)(C)C. The van der Waals surface area contributed by atoms with Gasteiger partial charge in [0.2, 0.25) is 0 Å². The van der Waals surface area contributed by atoms with Crippen LogP contribution in [0.4, 0.5) is 5.69 Å². The fraction of sp³-hybridized carbons (Fsp3) is 0.333. The van der Waals surface area contributed by atoms with Crippen LogP contribution in [0, 0.1) is 6.92 Å². The maximum atomic E-state index is 12.0. The molecule has 0 radical (unpaired) electrons. The van der Waals surface area contributed by atoms with Crippen molar-refractivity contribution < 1.29 is 19.4 Å². The summed E-state index contributed by atoms with van der Waals surface area (Å²) in [4.78, 5) is 23.2. The van der Waals surface area contributed by atoms with Gasteiger partial charge in [-0.2, -0.15) is 0 Å². The summed E-state index contributed by atoms with van der Waals surface area (Å²) in [6.07, 6.45) is 0. The fourth-order valence-corrected chi connectivity index (χ4v) is 2.76. The van der Waals surface area contributed by atoms with Crippen LogP contribution in [0.15, 0.2) is 36.4 Å². The molecule has 0 saturated carbocycles. The van der Waals surface area contributed by atoms with Crippen LogP contribution in [-0.4, -0.2) is 29.1 Å². The van der Waals surface area contributed by atoms with Crippen molar-refractivity contribution in [3.05, 3.63) is 58.1 Å². The normalized spacial score (nSPS) is 11.0. The molecule has 28 heavy (non-hydrogen) atoms. The lowest BCUT2D eigenvalue weighted by Gasteiger charge is -2.21. The molecule has 0 spiro atoms. The van der Waals surface area contributed by atoms with Gasteiger partial charge in [0.05, 0.1) is 5.56 Å². The second-order valence-electron chi connectivity index (χ2n) is 7.53. The van der Waals surface area contributed by atoms with E-state index in [1.807, 2.05) is 27.7 Å². The first-order chi connectivity index (χ1) is 13.0. The molecule has 0 aliphatic rings. The van der Waals surface area contributed by atoms with Gasteiger partial charge in [-0.15, -0.1) is 0 Å². The Kier molecular flexibility index (Phi) is 6.91. The van der Waals surface area contributed by atoms with E-state index in [0.29, 0.717) is 23.0 Å². The Morgan fingerprint density at radius 3 is 2.50 bits per heavy atom. The number of carbonyl (C=O) groups is 2. The Hall–Kier alpha value is -2.73. The van der Waals surface area contributed by atoms with E-state index in [1.54, 1.807) is 36.4 Å². The molecule has 0 fully saturated rings. The van der Waals surface area contributed by atoms with E-state index in [-0.39, 0.29) is 23.6 Å². The van der Waals surface area contributed by atoms with Crippen LogP contribution in [-0.2, 0) is 11.3 Å². The van der Waals surface area contributed by atoms with E-state index in [4.69, 9.17) is 21.4 Å². The van der Waals surface area contributed by atoms with Crippen LogP contribution in [0.5, 0.6) is 5.75 Å². The number of aromatic carboxylic acids is 1. The molecular weight excluding hydrogens is 380 g/mol. The maximum Gasteiger partial charge on any atom is 0.335 e. The molecule has 0 aliphatic carbocycles. The number of carboxylic acid groups (broad SMARTS) is 1. The molecule has 1 amide bonds. The van der Waals surface area contributed by atoms with Crippen molar-refractivity contribution >= 4 is 29.2 Å². The number of halogens is 1. The van der Waals surface area contributed by atoms with Gasteiger partial charge in [0.25, 0.3) is 5.91 Å². The first-order valence-electron chi connectivity index (χ1n) is 8.85. The summed E-state index contributed by atoms with van der Waals surface area (Å²) in [6.45, 7) is 7.84. The first-order valence-corrected chi connectivity index (χ1v) is 9.23. The smallest absolute Gasteiger partial charge is 0.335 e. The summed E-state index contributed by atoms with van der Waals surface area (Å²) in [5.41, 5.74) is 2.25. The topological polar surface area (TPSA) is 87.7 Å². The van der Waals surface area contributed by atoms with Crippen molar-refractivity contribution in [2.45, 2.75) is 39.8 Å². The van der Waals surface area contributed by atoms with Gasteiger partial charge in [-0.05, 0) is 63.6 Å². The summed E-state index contributed by atoms with van der Waals surface area (Å²) >= 11 is 6.11. The van der Waals surface area contributed by atoms with E-state index < -0.39 is 5.97 Å². The van der Waals surface area contributed by atoms with E-state index in [2.05, 4.69) is 10.6 Å². The number of carbonyl (C=O) groups excluding carboxylic acids is 1. The summed E-state index contributed by atoms with van der Waals surface area (Å²) in [7, 11) is 0. The maximum absolute atomic E-state index is 12.0. The number of aryl methyl sites for hydroxylation is 1. The number of amides is 1. The van der Waals surface area contributed by atoms with Crippen molar-refractivity contribution in [2.24, 2.45) is 0 Å². The zero-order valence-corrected chi connectivity index (χ0v) is 17.2. The minimum absolute atomic E-state index is 0.112. The largest absolute Gasteiger partial charge is 0.483 e. The molecule has 0 aliphatic heterocycles. The van der Waals surface area contributed by atoms with Crippen molar-refractivity contribution in [3.8, 4) is 5.75 Å². The lowest BCUT2D eigenvalue weighted by molar-refractivity contribution is -0.124. The highest BCUT2D eigenvalue weighted by Gasteiger charge is 2.15. The molecule has 0 atom stereocenters. The number of nitrogens with one attached hydrogen (secondary N) is 2. The van der Waals surface area contributed by atoms with E-state index in [0.717, 1.165) is 11.1 Å². The second kappa shape index (κ2) is 8.97. The second-order valence-corrected chi connectivity index (χ2v) is 7.96. The molecule has 7 heteroatoms. The van der Waals surface area contributed by atoms with Crippen molar-refractivity contribution in [1.29, 1.82) is 0 Å². The standard InChI is InChI=1S/C21H25ClN2O4/c1-13-5-6-14(20(26)27)10-17(13)23-11-15-9-16(22)7-8-18(15)28-12-19(25)24-21(2,3)4/h5-10,23H,11-12H2,1-4H3,(H,24,25)(H,26,27). The van der Waals surface area contributed by atoms with Crippen LogP contribution in [0.2, 0.25) is 5.02 Å². The molecule has 150 valence electrons. The molecule has 0 saturated heterocycles. The number of carboxylic acids is 1. The van der Waals surface area contributed by atoms with Gasteiger partial charge in [-0.1, -0.05) is 17.7 Å². The summed E-state index contributed by atoms with van der Waals surface area (Å²) < 4.78 is 5.68. The monoisotopic (exact) mass is 404 g/mol. The summed E-state index contributed by atoms with van der Waals surface area (Å²) in [5.74, 6) is -0.668. The van der Waals surface area contributed by atoms with Gasteiger partial charge in [0.1, 0.15) is 5.75 Å². The minimum Gasteiger partial charge on any atom is -0.483 e. The van der Waals surface area contributed by atoms with Crippen LogP contribution in [0.25, 0.3) is 0 Å². The Morgan fingerprint density at radius 2 is 1.86 bits per heavy atom. The van der Waals surface area contributed by atoms with E-state index in [9.17, 15) is 9.59 Å². The quantitative estimate of drug-likeness (QED) is 0.642. The van der Waals surface area contributed by atoms with Gasteiger partial charge < -0.3 is 20.5 Å². The van der Waals surface area contributed by atoms with Crippen molar-refractivity contribution in [1.82, 2.24) is 5.32 Å². The van der Waals surface area contributed by atoms with Crippen LogP contribution < -0.4 is 15.4 Å². The predicted molar refractivity (Wildman–Crippen MR) is 110 cm³/mol. The minimum atomic E-state index is -0.986. The van der Waals surface area contributed by atoms with Gasteiger partial charge in [-0.3, -0.25) is 4.79 Å². The third kappa shape index (κ3) is 6.46. The van der Waals surface area contributed by atoms with E-state index in [1.165, 1.54) is 0 Å². The molecule has 6 nitrogen and oxygen atoms in total. The first kappa shape index (κ1) is 21.6. The molecule has 0 aromatic heterocycles. The lowest BCUT2D eigenvalue weighted by atomic mass is 10.1. The lowest BCUT2D eigenvalue weighted by Crippen LogP contribution is -2.43. The highest BCUT2D eigenvalue weighted by atomic mass is 35.5. The number of benzene rings is 2. The molecule has 2 aromatic carbocycles. The van der Waals surface area contributed by atoms with Crippen molar-refractivity contribution in [3.63, 3.8) is 0 Å². The molecule has 0 bridgehead atoms. The van der Waals surface area contributed by atoms with Gasteiger partial charge in [-0.25, -0.2) is 4.79 Å². The molecular formula is C21H25ClN2O4. The number of anilines is 1. The van der Waals surface area contributed by atoms with Crippen molar-refractivity contribution in [2.75, 3.05) is 11.9 Å². The number of rotatable bonds is 7. The number of hydrogen-bond acceptors (Lipinski definition) is 4. The average Bonchev–Trinajstić information content (AvgIpc) is 2.58. The highest BCUT2D eigenvalue weighted by Crippen LogP contribution is 2.25. The molecule has 0 heterocycles. The van der Waals surface area contributed by atoms with Crippen LogP contribution in [0.1, 0.15) is 42.3 Å². The Bertz CT molecular complexity index is 875. The zero-order chi connectivity index (χ0) is 20.9. The molecule has 0 unspecified atom stereocenters. The molecule has 2 rings (SSSR count). The van der Waals surface area contributed by atoms with E-state index >= 15 is 0 Å². The highest BCUT2D eigenvalue weighted by molar-refractivity contribution is 6.30. The Morgan fingerprint density at radius 1 is 1.14 bits per heavy atom.